The van der Waals surface area contributed by atoms with Crippen LogP contribution >= 0.6 is 0 Å². The van der Waals surface area contributed by atoms with Gasteiger partial charge in [-0.2, -0.15) is 13.2 Å². The first-order valence-corrected chi connectivity index (χ1v) is 7.54. The minimum absolute atomic E-state index is 0.0546. The number of alkyl halides is 3. The summed E-state index contributed by atoms with van der Waals surface area (Å²) in [5, 5.41) is 2.94. The van der Waals surface area contributed by atoms with Crippen molar-refractivity contribution in [3.63, 3.8) is 0 Å². The number of rotatable bonds is 4. The molecule has 0 aromatic heterocycles. The number of halogens is 3. The number of carbonyl (C=O) groups is 1. The van der Waals surface area contributed by atoms with Gasteiger partial charge in [-0.3, -0.25) is 4.79 Å². The number of benzene rings is 1. The van der Waals surface area contributed by atoms with E-state index in [1.54, 1.807) is 7.05 Å². The molecule has 1 heterocycles. The lowest BCUT2D eigenvalue weighted by Gasteiger charge is -2.36. The van der Waals surface area contributed by atoms with E-state index >= 15 is 0 Å². The molecule has 1 fully saturated rings. The lowest BCUT2D eigenvalue weighted by atomic mass is 9.94. The Hall–Kier alpha value is -1.56. The highest BCUT2D eigenvalue weighted by Gasteiger charge is 2.31. The van der Waals surface area contributed by atoms with Crippen molar-refractivity contribution >= 4 is 5.91 Å². The number of nitrogens with one attached hydrogen (secondary N) is 1. The zero-order valence-corrected chi connectivity index (χ0v) is 12.6. The van der Waals surface area contributed by atoms with Crippen LogP contribution in [0.5, 0.6) is 0 Å². The van der Waals surface area contributed by atoms with E-state index in [-0.39, 0.29) is 11.9 Å². The molecule has 0 aliphatic carbocycles. The molecule has 1 N–H and O–H groups in total. The summed E-state index contributed by atoms with van der Waals surface area (Å²) in [6, 6.07) is 5.08. The first kappa shape index (κ1) is 16.8. The van der Waals surface area contributed by atoms with Crippen LogP contribution < -0.4 is 5.32 Å². The van der Waals surface area contributed by atoms with Crippen LogP contribution in [-0.4, -0.2) is 30.9 Å². The van der Waals surface area contributed by atoms with Gasteiger partial charge in [0.2, 0.25) is 5.91 Å². The number of hydrogen-bond donors (Lipinski definition) is 1. The van der Waals surface area contributed by atoms with E-state index in [1.165, 1.54) is 12.1 Å². The molecule has 1 saturated heterocycles. The molecule has 1 aliphatic heterocycles. The van der Waals surface area contributed by atoms with Gasteiger partial charge < -0.3 is 10.2 Å². The Labute approximate surface area is 128 Å². The molecule has 2 rings (SSSR count). The van der Waals surface area contributed by atoms with Crippen molar-refractivity contribution in [3.8, 4) is 0 Å². The van der Waals surface area contributed by atoms with Crippen LogP contribution in [0, 0.1) is 0 Å². The molecule has 122 valence electrons. The lowest BCUT2D eigenvalue weighted by molar-refractivity contribution is -0.138. The SMILES string of the molecule is CNCCC(=O)N1CCCCC1c1ccc(C(F)(F)F)cc1. The molecule has 0 radical (unpaired) electrons. The van der Waals surface area contributed by atoms with Crippen molar-refractivity contribution in [1.29, 1.82) is 0 Å². The van der Waals surface area contributed by atoms with E-state index in [2.05, 4.69) is 5.32 Å². The number of likely N-dealkylation sites (tertiary alicyclic amines) is 1. The molecule has 1 aliphatic rings. The van der Waals surface area contributed by atoms with E-state index in [0.29, 0.717) is 19.5 Å². The summed E-state index contributed by atoms with van der Waals surface area (Å²) in [7, 11) is 1.79. The Morgan fingerprint density at radius 3 is 2.55 bits per heavy atom. The maximum atomic E-state index is 12.6. The van der Waals surface area contributed by atoms with Gasteiger partial charge in [0.05, 0.1) is 11.6 Å². The summed E-state index contributed by atoms with van der Waals surface area (Å²) in [5.41, 5.74) is 0.130. The van der Waals surface area contributed by atoms with E-state index in [9.17, 15) is 18.0 Å². The van der Waals surface area contributed by atoms with Crippen LogP contribution in [0.4, 0.5) is 13.2 Å². The van der Waals surface area contributed by atoms with E-state index in [1.807, 2.05) is 4.90 Å². The molecule has 22 heavy (non-hydrogen) atoms. The largest absolute Gasteiger partial charge is 0.416 e. The lowest BCUT2D eigenvalue weighted by Crippen LogP contribution is -2.39. The second-order valence-corrected chi connectivity index (χ2v) is 5.57. The Kier molecular flexibility index (Phi) is 5.45. The van der Waals surface area contributed by atoms with Crippen LogP contribution in [0.25, 0.3) is 0 Å². The Morgan fingerprint density at radius 1 is 1.27 bits per heavy atom. The summed E-state index contributed by atoms with van der Waals surface area (Å²) in [6.45, 7) is 1.28. The average Bonchev–Trinajstić information content (AvgIpc) is 2.52. The van der Waals surface area contributed by atoms with Gasteiger partial charge in [0.1, 0.15) is 0 Å². The highest BCUT2D eigenvalue weighted by molar-refractivity contribution is 5.77. The van der Waals surface area contributed by atoms with Gasteiger partial charge in [-0.1, -0.05) is 12.1 Å². The number of nitrogens with zero attached hydrogens (tertiary/aromatic N) is 1. The maximum Gasteiger partial charge on any atom is 0.416 e. The van der Waals surface area contributed by atoms with E-state index in [0.717, 1.165) is 37.0 Å². The fraction of sp³-hybridized carbons (Fsp3) is 0.562. The van der Waals surface area contributed by atoms with Gasteiger partial charge in [-0.15, -0.1) is 0 Å². The normalized spacial score (nSPS) is 19.3. The molecule has 1 amide bonds. The number of hydrogen-bond acceptors (Lipinski definition) is 2. The van der Waals surface area contributed by atoms with E-state index in [4.69, 9.17) is 0 Å². The predicted molar refractivity (Wildman–Crippen MR) is 78.3 cm³/mol. The van der Waals surface area contributed by atoms with Crippen molar-refractivity contribution in [2.45, 2.75) is 37.9 Å². The Bertz CT molecular complexity index is 499. The van der Waals surface area contributed by atoms with Crippen molar-refractivity contribution in [2.24, 2.45) is 0 Å². The molecule has 1 aromatic carbocycles. The fourth-order valence-corrected chi connectivity index (χ4v) is 2.85. The number of carbonyl (C=O) groups excluding carboxylic acids is 1. The van der Waals surface area contributed by atoms with Gasteiger partial charge in [0.25, 0.3) is 0 Å². The quantitative estimate of drug-likeness (QED) is 0.924. The zero-order chi connectivity index (χ0) is 16.2. The van der Waals surface area contributed by atoms with Crippen LogP contribution in [0.15, 0.2) is 24.3 Å². The van der Waals surface area contributed by atoms with Crippen LogP contribution in [0.2, 0.25) is 0 Å². The van der Waals surface area contributed by atoms with Gasteiger partial charge in [0.15, 0.2) is 0 Å². The minimum atomic E-state index is -4.33. The first-order valence-electron chi connectivity index (χ1n) is 7.54. The van der Waals surface area contributed by atoms with Crippen molar-refractivity contribution < 1.29 is 18.0 Å². The molecular formula is C16H21F3N2O. The summed E-state index contributed by atoms with van der Waals surface area (Å²) < 4.78 is 37.9. The van der Waals surface area contributed by atoms with Gasteiger partial charge in [0, 0.05) is 19.5 Å². The molecule has 1 unspecified atom stereocenters. The number of amides is 1. The third-order valence-electron chi connectivity index (χ3n) is 4.03. The summed E-state index contributed by atoms with van der Waals surface area (Å²) in [4.78, 5) is 14.1. The minimum Gasteiger partial charge on any atom is -0.336 e. The molecule has 0 bridgehead atoms. The van der Waals surface area contributed by atoms with Crippen molar-refractivity contribution in [1.82, 2.24) is 10.2 Å². The average molecular weight is 314 g/mol. The predicted octanol–water partition coefficient (Wildman–Crippen LogP) is 3.37. The third kappa shape index (κ3) is 4.00. The smallest absolute Gasteiger partial charge is 0.336 e. The van der Waals surface area contributed by atoms with Crippen LogP contribution in [-0.2, 0) is 11.0 Å². The Morgan fingerprint density at radius 2 is 1.95 bits per heavy atom. The maximum absolute atomic E-state index is 12.6. The monoisotopic (exact) mass is 314 g/mol. The highest BCUT2D eigenvalue weighted by Crippen LogP contribution is 2.34. The van der Waals surface area contributed by atoms with E-state index < -0.39 is 11.7 Å². The molecule has 3 nitrogen and oxygen atoms in total. The second kappa shape index (κ2) is 7.13. The third-order valence-corrected chi connectivity index (χ3v) is 4.03. The standard InChI is InChI=1S/C16H21F3N2O/c1-20-10-9-15(22)21-11-3-2-4-14(21)12-5-7-13(8-6-12)16(17,18)19/h5-8,14,20H,2-4,9-11H2,1H3. The first-order chi connectivity index (χ1) is 10.4. The van der Waals surface area contributed by atoms with Crippen LogP contribution in [0.3, 0.4) is 0 Å². The van der Waals surface area contributed by atoms with Gasteiger partial charge >= 0.3 is 6.18 Å². The molecule has 1 atom stereocenters. The summed E-state index contributed by atoms with van der Waals surface area (Å²) in [6.07, 6.45) is -1.18. The summed E-state index contributed by atoms with van der Waals surface area (Å²) >= 11 is 0. The summed E-state index contributed by atoms with van der Waals surface area (Å²) in [5.74, 6) is 0.0546. The highest BCUT2D eigenvalue weighted by atomic mass is 19.4. The van der Waals surface area contributed by atoms with Crippen LogP contribution in [0.1, 0.15) is 42.9 Å². The van der Waals surface area contributed by atoms with Crippen molar-refractivity contribution in [3.05, 3.63) is 35.4 Å². The van der Waals surface area contributed by atoms with Crippen molar-refractivity contribution in [2.75, 3.05) is 20.1 Å². The topological polar surface area (TPSA) is 32.3 Å². The molecule has 1 aromatic rings. The Balaban J connectivity index is 2.15. The van der Waals surface area contributed by atoms with Gasteiger partial charge in [-0.25, -0.2) is 0 Å². The number of piperidine rings is 1. The fourth-order valence-electron chi connectivity index (χ4n) is 2.85. The molecule has 6 heteroatoms. The molecule has 0 saturated carbocycles. The van der Waals surface area contributed by atoms with Gasteiger partial charge in [-0.05, 0) is 44.0 Å². The molecular weight excluding hydrogens is 293 g/mol. The zero-order valence-electron chi connectivity index (χ0n) is 12.6. The second-order valence-electron chi connectivity index (χ2n) is 5.57. The molecule has 0 spiro atoms.